The molecule has 0 saturated carbocycles. The van der Waals surface area contributed by atoms with Crippen LogP contribution in [0, 0.1) is 5.92 Å². The van der Waals surface area contributed by atoms with Crippen molar-refractivity contribution in [3.8, 4) is 0 Å². The molecule has 2 N–H and O–H groups in total. The molecule has 0 spiro atoms. The molecule has 1 fully saturated rings. The third-order valence-corrected chi connectivity index (χ3v) is 3.38. The Morgan fingerprint density at radius 1 is 1.65 bits per heavy atom. The number of hydrogen-bond acceptors (Lipinski definition) is 3. The van der Waals surface area contributed by atoms with Gasteiger partial charge in [-0.1, -0.05) is 12.2 Å². The number of carbonyl (C=O) groups excluding carboxylic acids is 1. The monoisotopic (exact) mass is 252 g/mol. The predicted octanol–water partition coefficient (Wildman–Crippen LogP) is 0.558. The van der Waals surface area contributed by atoms with Gasteiger partial charge in [-0.05, 0) is 18.9 Å². The Balaban J connectivity index is 2.07. The third kappa shape index (κ3) is 2.63. The summed E-state index contributed by atoms with van der Waals surface area (Å²) < 4.78 is 1.63. The topological polar surface area (TPSA) is 64.2 Å². The molecule has 5 nitrogen and oxygen atoms in total. The van der Waals surface area contributed by atoms with Crippen LogP contribution in [0.1, 0.15) is 23.3 Å². The number of nitrogens with zero attached hydrogens (tertiary/aromatic N) is 3. The zero-order valence-electron chi connectivity index (χ0n) is 9.80. The summed E-state index contributed by atoms with van der Waals surface area (Å²) in [6.07, 6.45) is 3.68. The Hall–Kier alpha value is -1.43. The van der Waals surface area contributed by atoms with Crippen LogP contribution >= 0.6 is 12.2 Å². The SMILES string of the molecule is Cn1ccc(C(=O)N2CCCC(C(N)=S)C2)n1. The number of rotatable bonds is 2. The van der Waals surface area contributed by atoms with Crippen molar-refractivity contribution in [2.75, 3.05) is 13.1 Å². The molecule has 2 rings (SSSR count). The highest BCUT2D eigenvalue weighted by Crippen LogP contribution is 2.18. The third-order valence-electron chi connectivity index (χ3n) is 3.04. The highest BCUT2D eigenvalue weighted by molar-refractivity contribution is 7.80. The molecule has 0 radical (unpaired) electrons. The summed E-state index contributed by atoms with van der Waals surface area (Å²) in [5.41, 5.74) is 6.13. The van der Waals surface area contributed by atoms with Gasteiger partial charge in [0.2, 0.25) is 0 Å². The molecule has 1 amide bonds. The van der Waals surface area contributed by atoms with E-state index >= 15 is 0 Å². The molecule has 1 unspecified atom stereocenters. The Morgan fingerprint density at radius 3 is 3.00 bits per heavy atom. The number of nitrogens with two attached hydrogens (primary N) is 1. The maximum absolute atomic E-state index is 12.1. The van der Waals surface area contributed by atoms with Crippen molar-refractivity contribution in [1.82, 2.24) is 14.7 Å². The average molecular weight is 252 g/mol. The molecule has 6 heteroatoms. The number of hydrogen-bond donors (Lipinski definition) is 1. The second-order valence-corrected chi connectivity index (χ2v) is 4.84. The van der Waals surface area contributed by atoms with Crippen molar-refractivity contribution in [3.05, 3.63) is 18.0 Å². The van der Waals surface area contributed by atoms with E-state index in [4.69, 9.17) is 18.0 Å². The van der Waals surface area contributed by atoms with E-state index in [1.807, 2.05) is 0 Å². The highest BCUT2D eigenvalue weighted by Gasteiger charge is 2.26. The summed E-state index contributed by atoms with van der Waals surface area (Å²) >= 11 is 5.00. The van der Waals surface area contributed by atoms with Gasteiger partial charge in [0.1, 0.15) is 5.69 Å². The van der Waals surface area contributed by atoms with Crippen LogP contribution in [0.4, 0.5) is 0 Å². The van der Waals surface area contributed by atoms with Crippen LogP contribution in [-0.4, -0.2) is 38.7 Å². The van der Waals surface area contributed by atoms with Crippen molar-refractivity contribution >= 4 is 23.1 Å². The van der Waals surface area contributed by atoms with Crippen molar-refractivity contribution in [3.63, 3.8) is 0 Å². The Kier molecular flexibility index (Phi) is 3.42. The fourth-order valence-corrected chi connectivity index (χ4v) is 2.28. The molecule has 1 atom stereocenters. The molecule has 2 heterocycles. The van der Waals surface area contributed by atoms with Crippen LogP contribution < -0.4 is 5.73 Å². The quantitative estimate of drug-likeness (QED) is 0.781. The van der Waals surface area contributed by atoms with E-state index in [-0.39, 0.29) is 11.8 Å². The summed E-state index contributed by atoms with van der Waals surface area (Å²) in [5.74, 6) is 0.109. The van der Waals surface area contributed by atoms with E-state index in [1.165, 1.54) is 0 Å². The molecular formula is C11H16N4OS. The number of thiocarbonyl (C=S) groups is 1. The molecule has 1 saturated heterocycles. The van der Waals surface area contributed by atoms with Gasteiger partial charge in [0.15, 0.2) is 0 Å². The van der Waals surface area contributed by atoms with Crippen LogP contribution in [-0.2, 0) is 7.05 Å². The first-order chi connectivity index (χ1) is 8.08. The van der Waals surface area contributed by atoms with Gasteiger partial charge in [0.05, 0.1) is 4.99 Å². The molecule has 1 aromatic rings. The smallest absolute Gasteiger partial charge is 0.274 e. The van der Waals surface area contributed by atoms with Gasteiger partial charge < -0.3 is 10.6 Å². The fourth-order valence-electron chi connectivity index (χ4n) is 2.08. The molecule has 0 aliphatic carbocycles. The molecule has 1 aliphatic heterocycles. The minimum Gasteiger partial charge on any atom is -0.393 e. The number of piperidine rings is 1. The highest BCUT2D eigenvalue weighted by atomic mass is 32.1. The van der Waals surface area contributed by atoms with Gasteiger partial charge in [-0.3, -0.25) is 9.48 Å². The van der Waals surface area contributed by atoms with Crippen molar-refractivity contribution < 1.29 is 4.79 Å². The summed E-state index contributed by atoms with van der Waals surface area (Å²) in [6, 6.07) is 1.73. The van der Waals surface area contributed by atoms with E-state index in [0.717, 1.165) is 19.4 Å². The predicted molar refractivity (Wildman–Crippen MR) is 68.6 cm³/mol. The van der Waals surface area contributed by atoms with E-state index in [0.29, 0.717) is 17.2 Å². The maximum atomic E-state index is 12.1. The van der Waals surface area contributed by atoms with Crippen LogP contribution in [0.5, 0.6) is 0 Å². The summed E-state index contributed by atoms with van der Waals surface area (Å²) in [7, 11) is 1.80. The lowest BCUT2D eigenvalue weighted by Gasteiger charge is -2.31. The molecular weight excluding hydrogens is 236 g/mol. The lowest BCUT2D eigenvalue weighted by atomic mass is 9.98. The largest absolute Gasteiger partial charge is 0.393 e. The Labute approximate surface area is 106 Å². The first-order valence-corrected chi connectivity index (χ1v) is 6.07. The minimum atomic E-state index is -0.0356. The summed E-state index contributed by atoms with van der Waals surface area (Å²) in [4.78, 5) is 14.4. The van der Waals surface area contributed by atoms with E-state index < -0.39 is 0 Å². The van der Waals surface area contributed by atoms with Gasteiger partial charge in [0.25, 0.3) is 5.91 Å². The molecule has 0 bridgehead atoms. The average Bonchev–Trinajstić information content (AvgIpc) is 2.75. The molecule has 92 valence electrons. The van der Waals surface area contributed by atoms with Crippen molar-refractivity contribution in [2.24, 2.45) is 18.7 Å². The van der Waals surface area contributed by atoms with Crippen LogP contribution in [0.15, 0.2) is 12.3 Å². The fraction of sp³-hybridized carbons (Fsp3) is 0.545. The summed E-state index contributed by atoms with van der Waals surface area (Å²) in [5, 5.41) is 4.12. The molecule has 1 aromatic heterocycles. The lowest BCUT2D eigenvalue weighted by molar-refractivity contribution is 0.0697. The zero-order valence-corrected chi connectivity index (χ0v) is 10.6. The van der Waals surface area contributed by atoms with Gasteiger partial charge in [-0.2, -0.15) is 5.10 Å². The van der Waals surface area contributed by atoms with Crippen molar-refractivity contribution in [2.45, 2.75) is 12.8 Å². The number of aromatic nitrogens is 2. The van der Waals surface area contributed by atoms with Crippen molar-refractivity contribution in [1.29, 1.82) is 0 Å². The van der Waals surface area contributed by atoms with Gasteiger partial charge in [-0.25, -0.2) is 0 Å². The lowest BCUT2D eigenvalue weighted by Crippen LogP contribution is -2.43. The van der Waals surface area contributed by atoms with E-state index in [9.17, 15) is 4.79 Å². The Bertz CT molecular complexity index is 442. The Morgan fingerprint density at radius 2 is 2.41 bits per heavy atom. The van der Waals surface area contributed by atoms with Crippen LogP contribution in [0.2, 0.25) is 0 Å². The van der Waals surface area contributed by atoms with Gasteiger partial charge in [-0.15, -0.1) is 0 Å². The molecule has 1 aliphatic rings. The van der Waals surface area contributed by atoms with Crippen LogP contribution in [0.25, 0.3) is 0 Å². The summed E-state index contributed by atoms with van der Waals surface area (Å²) in [6.45, 7) is 1.37. The van der Waals surface area contributed by atoms with Crippen LogP contribution in [0.3, 0.4) is 0 Å². The number of amides is 1. The maximum Gasteiger partial charge on any atom is 0.274 e. The van der Waals surface area contributed by atoms with E-state index in [1.54, 1.807) is 28.9 Å². The number of likely N-dealkylation sites (tertiary alicyclic amines) is 1. The second-order valence-electron chi connectivity index (χ2n) is 4.37. The first-order valence-electron chi connectivity index (χ1n) is 5.66. The number of carbonyl (C=O) groups is 1. The molecule has 0 aromatic carbocycles. The van der Waals surface area contributed by atoms with Gasteiger partial charge >= 0.3 is 0 Å². The van der Waals surface area contributed by atoms with E-state index in [2.05, 4.69) is 5.10 Å². The second kappa shape index (κ2) is 4.83. The standard InChI is InChI=1S/C11H16N4OS/c1-14-6-4-9(13-14)11(16)15-5-2-3-8(7-15)10(12)17/h4,6,8H,2-3,5,7H2,1H3,(H2,12,17). The normalized spacial score (nSPS) is 20.3. The minimum absolute atomic E-state index is 0.0356. The first kappa shape index (κ1) is 12.0. The zero-order chi connectivity index (χ0) is 12.4. The number of aryl methyl sites for hydroxylation is 1. The molecule has 17 heavy (non-hydrogen) atoms. The van der Waals surface area contributed by atoms with Gasteiger partial charge in [0, 0.05) is 32.3 Å².